The van der Waals surface area contributed by atoms with Gasteiger partial charge in [-0.15, -0.1) is 0 Å². The molecule has 0 spiro atoms. The Labute approximate surface area is 162 Å². The van der Waals surface area contributed by atoms with Crippen LogP contribution in [0.1, 0.15) is 28.8 Å². The van der Waals surface area contributed by atoms with Crippen LogP contribution in [0.4, 0.5) is 0 Å². The molecular formula is C20H22INO3. The summed E-state index contributed by atoms with van der Waals surface area (Å²) in [4.78, 5) is 12.6. The quantitative estimate of drug-likeness (QED) is 0.705. The lowest BCUT2D eigenvalue weighted by Gasteiger charge is -2.38. The number of methoxy groups -OCH3 is 1. The van der Waals surface area contributed by atoms with Crippen molar-refractivity contribution in [2.45, 2.75) is 18.3 Å². The molecule has 1 fully saturated rings. The molecule has 132 valence electrons. The summed E-state index contributed by atoms with van der Waals surface area (Å²) in [7, 11) is 1.67. The Morgan fingerprint density at radius 1 is 1.16 bits per heavy atom. The van der Waals surface area contributed by atoms with Crippen molar-refractivity contribution < 1.29 is 14.3 Å². The molecule has 3 rings (SSSR count). The molecule has 1 saturated heterocycles. The molecule has 1 aliphatic rings. The van der Waals surface area contributed by atoms with Gasteiger partial charge in [0.1, 0.15) is 5.75 Å². The first-order valence-electron chi connectivity index (χ1n) is 8.40. The highest BCUT2D eigenvalue weighted by Gasteiger charge is 2.35. The van der Waals surface area contributed by atoms with Gasteiger partial charge in [-0.2, -0.15) is 0 Å². The highest BCUT2D eigenvalue weighted by atomic mass is 127. The van der Waals surface area contributed by atoms with Gasteiger partial charge in [-0.05, 0) is 65.3 Å². The maximum atomic E-state index is 12.6. The third kappa shape index (κ3) is 4.15. The van der Waals surface area contributed by atoms with Gasteiger partial charge >= 0.3 is 0 Å². The number of carbonyl (C=O) groups is 1. The second-order valence-corrected chi connectivity index (χ2v) is 7.45. The summed E-state index contributed by atoms with van der Waals surface area (Å²) in [5.41, 5.74) is 1.85. The molecule has 1 aliphatic heterocycles. The van der Waals surface area contributed by atoms with Gasteiger partial charge in [-0.25, -0.2) is 0 Å². The summed E-state index contributed by atoms with van der Waals surface area (Å²) >= 11 is 2.20. The molecule has 2 aromatic carbocycles. The number of nitrogens with one attached hydrogen (secondary N) is 1. The van der Waals surface area contributed by atoms with E-state index in [-0.39, 0.29) is 11.3 Å². The number of hydrogen-bond donors (Lipinski definition) is 1. The van der Waals surface area contributed by atoms with E-state index in [1.165, 1.54) is 5.56 Å². The first-order valence-corrected chi connectivity index (χ1v) is 9.47. The van der Waals surface area contributed by atoms with E-state index >= 15 is 0 Å². The lowest BCUT2D eigenvalue weighted by Crippen LogP contribution is -2.44. The van der Waals surface area contributed by atoms with Crippen molar-refractivity contribution in [1.82, 2.24) is 5.32 Å². The molecule has 0 atom stereocenters. The zero-order chi connectivity index (χ0) is 17.7. The molecular weight excluding hydrogens is 429 g/mol. The first kappa shape index (κ1) is 18.2. The zero-order valence-electron chi connectivity index (χ0n) is 14.3. The molecule has 1 N–H and O–H groups in total. The van der Waals surface area contributed by atoms with Crippen LogP contribution in [0.2, 0.25) is 0 Å². The van der Waals surface area contributed by atoms with Crippen LogP contribution < -0.4 is 10.1 Å². The topological polar surface area (TPSA) is 47.6 Å². The van der Waals surface area contributed by atoms with Crippen LogP contribution in [0.15, 0.2) is 48.5 Å². The Bertz CT molecular complexity index is 724. The fourth-order valence-electron chi connectivity index (χ4n) is 3.26. The molecule has 0 unspecified atom stereocenters. The second-order valence-electron chi connectivity index (χ2n) is 6.28. The van der Waals surface area contributed by atoms with E-state index in [0.717, 1.165) is 27.7 Å². The van der Waals surface area contributed by atoms with Gasteiger partial charge in [0.05, 0.1) is 12.7 Å². The van der Waals surface area contributed by atoms with Crippen molar-refractivity contribution in [2.24, 2.45) is 0 Å². The van der Waals surface area contributed by atoms with Crippen molar-refractivity contribution in [3.8, 4) is 5.75 Å². The highest BCUT2D eigenvalue weighted by Crippen LogP contribution is 2.35. The van der Waals surface area contributed by atoms with Crippen LogP contribution in [0.3, 0.4) is 0 Å². The molecule has 0 radical (unpaired) electrons. The third-order valence-electron chi connectivity index (χ3n) is 4.86. The predicted molar refractivity (Wildman–Crippen MR) is 106 cm³/mol. The number of benzene rings is 2. The van der Waals surface area contributed by atoms with Crippen LogP contribution >= 0.6 is 22.6 Å². The van der Waals surface area contributed by atoms with Crippen molar-refractivity contribution in [1.29, 1.82) is 0 Å². The number of carbonyl (C=O) groups excluding carboxylic acids is 1. The van der Waals surface area contributed by atoms with E-state index in [9.17, 15) is 4.79 Å². The average Bonchev–Trinajstić information content (AvgIpc) is 2.67. The minimum Gasteiger partial charge on any atom is -0.497 e. The summed E-state index contributed by atoms with van der Waals surface area (Å²) in [5, 5.41) is 3.15. The standard InChI is InChI=1S/C20H22INO3/c1-24-16-8-6-15(7-9-16)20(10-12-25-13-11-20)14-22-19(23)17-4-2-3-5-18(17)21/h2-9H,10-14H2,1H3,(H,22,23). The third-order valence-corrected chi connectivity index (χ3v) is 5.80. The predicted octanol–water partition coefficient (Wildman–Crippen LogP) is 3.78. The number of amides is 1. The van der Waals surface area contributed by atoms with Gasteiger partial charge in [0.2, 0.25) is 0 Å². The first-order chi connectivity index (χ1) is 12.1. The summed E-state index contributed by atoms with van der Waals surface area (Å²) in [6, 6.07) is 15.8. The highest BCUT2D eigenvalue weighted by molar-refractivity contribution is 14.1. The van der Waals surface area contributed by atoms with Gasteiger partial charge in [-0.3, -0.25) is 4.79 Å². The Morgan fingerprint density at radius 2 is 1.84 bits per heavy atom. The summed E-state index contributed by atoms with van der Waals surface area (Å²) < 4.78 is 11.8. The van der Waals surface area contributed by atoms with Gasteiger partial charge < -0.3 is 14.8 Å². The molecule has 0 aromatic heterocycles. The fraction of sp³-hybridized carbons (Fsp3) is 0.350. The number of rotatable bonds is 5. The summed E-state index contributed by atoms with van der Waals surface area (Å²) in [6.07, 6.45) is 1.79. The monoisotopic (exact) mass is 451 g/mol. The molecule has 1 amide bonds. The van der Waals surface area contributed by atoms with Gasteiger partial charge in [0.15, 0.2) is 0 Å². The summed E-state index contributed by atoms with van der Waals surface area (Å²) in [5.74, 6) is 0.818. The Morgan fingerprint density at radius 3 is 2.48 bits per heavy atom. The van der Waals surface area contributed by atoms with E-state index in [0.29, 0.717) is 19.8 Å². The molecule has 2 aromatic rings. The fourth-order valence-corrected chi connectivity index (χ4v) is 3.90. The lowest BCUT2D eigenvalue weighted by atomic mass is 9.74. The van der Waals surface area contributed by atoms with Gasteiger partial charge in [0, 0.05) is 28.7 Å². The minimum absolute atomic E-state index is 0.0237. The largest absolute Gasteiger partial charge is 0.497 e. The van der Waals surface area contributed by atoms with E-state index in [4.69, 9.17) is 9.47 Å². The van der Waals surface area contributed by atoms with Crippen molar-refractivity contribution in [3.05, 3.63) is 63.2 Å². The molecule has 0 aliphatic carbocycles. The molecule has 0 bridgehead atoms. The average molecular weight is 451 g/mol. The second kappa shape index (κ2) is 8.19. The Balaban J connectivity index is 1.79. The molecule has 4 nitrogen and oxygen atoms in total. The van der Waals surface area contributed by atoms with Crippen LogP contribution in [0.5, 0.6) is 5.75 Å². The van der Waals surface area contributed by atoms with Crippen LogP contribution in [-0.4, -0.2) is 32.8 Å². The Hall–Kier alpha value is -1.60. The van der Waals surface area contributed by atoms with Crippen LogP contribution in [-0.2, 0) is 10.2 Å². The normalized spacial score (nSPS) is 16.2. The van der Waals surface area contributed by atoms with Crippen molar-refractivity contribution in [2.75, 3.05) is 26.9 Å². The molecule has 1 heterocycles. The lowest BCUT2D eigenvalue weighted by molar-refractivity contribution is 0.0487. The number of ether oxygens (including phenoxy) is 2. The van der Waals surface area contributed by atoms with Crippen molar-refractivity contribution in [3.63, 3.8) is 0 Å². The SMILES string of the molecule is COc1ccc(C2(CNC(=O)c3ccccc3I)CCOCC2)cc1. The number of halogens is 1. The van der Waals surface area contributed by atoms with E-state index in [1.807, 2.05) is 36.4 Å². The van der Waals surface area contributed by atoms with Gasteiger partial charge in [0.25, 0.3) is 5.91 Å². The molecule has 25 heavy (non-hydrogen) atoms. The maximum absolute atomic E-state index is 12.6. The number of hydrogen-bond acceptors (Lipinski definition) is 3. The maximum Gasteiger partial charge on any atom is 0.252 e. The molecule has 5 heteroatoms. The van der Waals surface area contributed by atoms with Crippen molar-refractivity contribution >= 4 is 28.5 Å². The smallest absolute Gasteiger partial charge is 0.252 e. The van der Waals surface area contributed by atoms with Crippen LogP contribution in [0, 0.1) is 3.57 Å². The van der Waals surface area contributed by atoms with Crippen LogP contribution in [0.25, 0.3) is 0 Å². The summed E-state index contributed by atoms with van der Waals surface area (Å²) in [6.45, 7) is 2.03. The van der Waals surface area contributed by atoms with E-state index in [2.05, 4.69) is 40.0 Å². The van der Waals surface area contributed by atoms with E-state index < -0.39 is 0 Å². The molecule has 0 saturated carbocycles. The van der Waals surface area contributed by atoms with E-state index in [1.54, 1.807) is 7.11 Å². The minimum atomic E-state index is -0.0968. The Kier molecular flexibility index (Phi) is 5.96. The zero-order valence-corrected chi connectivity index (χ0v) is 16.4. The van der Waals surface area contributed by atoms with Gasteiger partial charge in [-0.1, -0.05) is 24.3 Å².